The fraction of sp³-hybridized carbons (Fsp3) is 0.522. The molecule has 138 valence electrons. The number of ether oxygens (including phenoxy) is 1. The van der Waals surface area contributed by atoms with E-state index in [2.05, 4.69) is 43.8 Å². The van der Waals surface area contributed by atoms with E-state index in [1.54, 1.807) is 12.7 Å². The minimum atomic E-state index is -0.0104. The van der Waals surface area contributed by atoms with Crippen molar-refractivity contribution in [1.82, 2.24) is 0 Å². The van der Waals surface area contributed by atoms with Crippen molar-refractivity contribution in [3.05, 3.63) is 47.1 Å². The maximum atomic E-state index is 9.73. The molecule has 1 saturated carbocycles. The summed E-state index contributed by atoms with van der Waals surface area (Å²) in [5.74, 6) is 1.83. The summed E-state index contributed by atoms with van der Waals surface area (Å²) in [7, 11) is 1.73. The fourth-order valence-electron chi connectivity index (χ4n) is 5.53. The van der Waals surface area contributed by atoms with Crippen LogP contribution < -0.4 is 4.74 Å². The summed E-state index contributed by atoms with van der Waals surface area (Å²) < 4.78 is 5.42. The Hall–Kier alpha value is -2.03. The van der Waals surface area contributed by atoms with Gasteiger partial charge in [-0.15, -0.1) is 0 Å². The zero-order valence-electron chi connectivity index (χ0n) is 16.1. The maximum absolute atomic E-state index is 9.73. The molecular formula is C23H29NO2. The summed E-state index contributed by atoms with van der Waals surface area (Å²) in [4.78, 5) is 0. The molecule has 3 nitrogen and oxygen atoms in total. The van der Waals surface area contributed by atoms with Crippen LogP contribution in [0.15, 0.2) is 41.1 Å². The third-order valence-electron chi connectivity index (χ3n) is 7.21. The van der Waals surface area contributed by atoms with Crippen molar-refractivity contribution in [3.63, 3.8) is 0 Å². The van der Waals surface area contributed by atoms with Gasteiger partial charge in [0.25, 0.3) is 0 Å². The van der Waals surface area contributed by atoms with Crippen LogP contribution in [-0.4, -0.2) is 18.0 Å². The summed E-state index contributed by atoms with van der Waals surface area (Å²) in [6.45, 7) is 8.63. The van der Waals surface area contributed by atoms with Crippen molar-refractivity contribution in [3.8, 4) is 5.75 Å². The Morgan fingerprint density at radius 3 is 2.81 bits per heavy atom. The highest BCUT2D eigenvalue weighted by atomic mass is 16.5. The molecule has 1 N–H and O–H groups in total. The van der Waals surface area contributed by atoms with Gasteiger partial charge in [0.05, 0.1) is 12.8 Å². The molecule has 0 saturated heterocycles. The van der Waals surface area contributed by atoms with Crippen LogP contribution in [-0.2, 0) is 6.42 Å². The molecule has 26 heavy (non-hydrogen) atoms. The normalized spacial score (nSPS) is 31.9. The summed E-state index contributed by atoms with van der Waals surface area (Å²) in [6, 6.07) is 6.53. The van der Waals surface area contributed by atoms with Gasteiger partial charge in [-0.25, -0.2) is 0 Å². The van der Waals surface area contributed by atoms with E-state index in [1.807, 2.05) is 0 Å². The molecule has 3 aliphatic carbocycles. The topological polar surface area (TPSA) is 41.8 Å². The molecule has 0 aromatic heterocycles. The first-order chi connectivity index (χ1) is 12.5. The number of hydrogen-bond donors (Lipinski definition) is 1. The van der Waals surface area contributed by atoms with Crippen LogP contribution in [0.5, 0.6) is 5.75 Å². The average Bonchev–Trinajstić information content (AvgIpc) is 2.65. The van der Waals surface area contributed by atoms with Crippen LogP contribution in [0, 0.1) is 17.3 Å². The number of allylic oxidation sites excluding steroid dienone is 3. The summed E-state index contributed by atoms with van der Waals surface area (Å²) in [5.41, 5.74) is 8.14. The Balaban J connectivity index is 1.80. The number of hydrogen-bond acceptors (Lipinski definition) is 3. The van der Waals surface area contributed by atoms with Crippen molar-refractivity contribution >= 4 is 11.3 Å². The van der Waals surface area contributed by atoms with Crippen LogP contribution in [0.3, 0.4) is 0 Å². The van der Waals surface area contributed by atoms with E-state index in [0.717, 1.165) is 50.0 Å². The van der Waals surface area contributed by atoms with E-state index in [-0.39, 0.29) is 5.41 Å². The smallest absolute Gasteiger partial charge is 0.119 e. The molecule has 0 bridgehead atoms. The number of aryl methyl sites for hydroxylation is 1. The van der Waals surface area contributed by atoms with Gasteiger partial charge in [0.15, 0.2) is 0 Å². The molecule has 1 fully saturated rings. The van der Waals surface area contributed by atoms with Gasteiger partial charge in [0, 0.05) is 5.41 Å². The number of methoxy groups -OCH3 is 1. The Morgan fingerprint density at radius 1 is 1.31 bits per heavy atom. The lowest BCUT2D eigenvalue weighted by Gasteiger charge is -2.50. The summed E-state index contributed by atoms with van der Waals surface area (Å²) in [6.07, 6.45) is 6.30. The Labute approximate surface area is 156 Å². The lowest BCUT2D eigenvalue weighted by atomic mass is 9.53. The summed E-state index contributed by atoms with van der Waals surface area (Å²) in [5, 5.41) is 13.5. The Morgan fingerprint density at radius 2 is 2.12 bits per heavy atom. The Bertz CT molecular complexity index is 819. The highest BCUT2D eigenvalue weighted by molar-refractivity contribution is 5.93. The van der Waals surface area contributed by atoms with Gasteiger partial charge in [-0.1, -0.05) is 35.9 Å². The number of nitrogens with zero attached hydrogens (tertiary/aromatic N) is 1. The molecule has 1 aromatic carbocycles. The molecule has 0 heterocycles. The van der Waals surface area contributed by atoms with Crippen molar-refractivity contribution in [2.45, 2.75) is 52.4 Å². The molecule has 3 atom stereocenters. The molecule has 3 heteroatoms. The van der Waals surface area contributed by atoms with Gasteiger partial charge in [-0.05, 0) is 86.1 Å². The molecule has 4 rings (SSSR count). The molecular weight excluding hydrogens is 322 g/mol. The molecule has 0 spiro atoms. The first-order valence-corrected chi connectivity index (χ1v) is 9.74. The number of rotatable bonds is 2. The molecule has 0 radical (unpaired) electrons. The van der Waals surface area contributed by atoms with Gasteiger partial charge in [0.1, 0.15) is 5.75 Å². The molecule has 1 aromatic rings. The second kappa shape index (κ2) is 6.29. The van der Waals surface area contributed by atoms with Gasteiger partial charge in [0.2, 0.25) is 0 Å². The highest BCUT2D eigenvalue weighted by Crippen LogP contribution is 2.57. The van der Waals surface area contributed by atoms with E-state index in [1.165, 1.54) is 22.3 Å². The maximum Gasteiger partial charge on any atom is 0.119 e. The van der Waals surface area contributed by atoms with Crippen LogP contribution in [0.2, 0.25) is 0 Å². The zero-order chi connectivity index (χ0) is 18.5. The van der Waals surface area contributed by atoms with E-state index >= 15 is 0 Å². The largest absolute Gasteiger partial charge is 0.497 e. The lowest BCUT2D eigenvalue weighted by molar-refractivity contribution is 0.200. The molecule has 3 aliphatic rings. The monoisotopic (exact) mass is 351 g/mol. The van der Waals surface area contributed by atoms with Gasteiger partial charge in [-0.3, -0.25) is 0 Å². The van der Waals surface area contributed by atoms with Crippen molar-refractivity contribution < 1.29 is 9.94 Å². The van der Waals surface area contributed by atoms with E-state index in [4.69, 9.17) is 4.74 Å². The molecule has 0 amide bonds. The first-order valence-electron chi connectivity index (χ1n) is 9.74. The third-order valence-corrected chi connectivity index (χ3v) is 7.21. The van der Waals surface area contributed by atoms with Crippen LogP contribution in [0.1, 0.15) is 57.1 Å². The quantitative estimate of drug-likeness (QED) is 0.426. The fourth-order valence-corrected chi connectivity index (χ4v) is 5.53. The van der Waals surface area contributed by atoms with Crippen LogP contribution >= 0.6 is 0 Å². The Kier molecular flexibility index (Phi) is 4.21. The van der Waals surface area contributed by atoms with Gasteiger partial charge < -0.3 is 9.94 Å². The predicted molar refractivity (Wildman–Crippen MR) is 106 cm³/mol. The standard InChI is InChI=1S/C23H29NO2/c1-14(2)16-12-21-20-7-5-15-11-17(26-4)6-8-18(15)19(20)9-10-23(21,3)22(13-16)24-25/h6,8,11,16,21,25H,1,5,7,9-10,12-13H2,2-4H3/t16-,21-,23-/m0/s1. The second-order valence-electron chi connectivity index (χ2n) is 8.53. The number of oxime groups is 1. The minimum absolute atomic E-state index is 0.0104. The first kappa shape index (κ1) is 17.4. The average molecular weight is 351 g/mol. The second-order valence-corrected chi connectivity index (χ2v) is 8.53. The van der Waals surface area contributed by atoms with Crippen LogP contribution in [0.4, 0.5) is 0 Å². The molecule has 0 unspecified atom stereocenters. The zero-order valence-corrected chi connectivity index (χ0v) is 16.1. The van der Waals surface area contributed by atoms with Gasteiger partial charge >= 0.3 is 0 Å². The van der Waals surface area contributed by atoms with E-state index in [0.29, 0.717) is 11.8 Å². The van der Waals surface area contributed by atoms with E-state index < -0.39 is 0 Å². The highest BCUT2D eigenvalue weighted by Gasteiger charge is 2.49. The third kappa shape index (κ3) is 2.52. The van der Waals surface area contributed by atoms with Crippen LogP contribution in [0.25, 0.3) is 5.57 Å². The van der Waals surface area contributed by atoms with Gasteiger partial charge in [-0.2, -0.15) is 0 Å². The lowest BCUT2D eigenvalue weighted by Crippen LogP contribution is -2.46. The van der Waals surface area contributed by atoms with Crippen molar-refractivity contribution in [1.29, 1.82) is 0 Å². The number of benzene rings is 1. The van der Waals surface area contributed by atoms with E-state index in [9.17, 15) is 5.21 Å². The SMILES string of the molecule is C=C(C)[C@@H]1CC(=NO)[C@@]2(C)CCC3=C(CCc4cc(OC)ccc43)[C@@H]2C1. The van der Waals surface area contributed by atoms with Crippen molar-refractivity contribution in [2.24, 2.45) is 22.4 Å². The minimum Gasteiger partial charge on any atom is -0.497 e. The predicted octanol–water partition coefficient (Wildman–Crippen LogP) is 5.63. The molecule has 0 aliphatic heterocycles. The summed E-state index contributed by atoms with van der Waals surface area (Å²) >= 11 is 0. The van der Waals surface area contributed by atoms with Crippen molar-refractivity contribution in [2.75, 3.05) is 7.11 Å². The number of fused-ring (bicyclic) bond motifs is 4.